The van der Waals surface area contributed by atoms with Crippen molar-refractivity contribution in [3.8, 4) is 0 Å². The molecule has 0 N–H and O–H groups in total. The quantitative estimate of drug-likeness (QED) is 0.617. The van der Waals surface area contributed by atoms with Gasteiger partial charge in [0.15, 0.2) is 0 Å². The van der Waals surface area contributed by atoms with Crippen molar-refractivity contribution in [2.45, 2.75) is 41.5 Å². The maximum absolute atomic E-state index is 2.24. The number of allylic oxidation sites excluding steroid dienone is 4. The molecule has 0 aromatic heterocycles. The Balaban J connectivity index is 0.00000112. The minimum Gasteiger partial charge on any atom is -0.0801 e. The van der Waals surface area contributed by atoms with Gasteiger partial charge < -0.3 is 0 Å². The Hall–Kier alpha value is -1.30. The van der Waals surface area contributed by atoms with E-state index in [1.54, 1.807) is 0 Å². The monoisotopic (exact) mass is 216 g/mol. The molecule has 0 aliphatic heterocycles. The number of fused-ring (bicyclic) bond motifs is 1. The van der Waals surface area contributed by atoms with Crippen LogP contribution in [0.5, 0.6) is 0 Å². The highest BCUT2D eigenvalue weighted by atomic mass is 14.1. The van der Waals surface area contributed by atoms with Crippen LogP contribution in [0.25, 0.3) is 5.57 Å². The van der Waals surface area contributed by atoms with Crippen molar-refractivity contribution in [3.63, 3.8) is 0 Å². The second kappa shape index (κ2) is 6.32. The molecule has 2 rings (SSSR count). The third-order valence-electron chi connectivity index (χ3n) is 2.88. The van der Waals surface area contributed by atoms with Crippen LogP contribution >= 0.6 is 0 Å². The Morgan fingerprint density at radius 2 is 1.94 bits per heavy atom. The summed E-state index contributed by atoms with van der Waals surface area (Å²) in [4.78, 5) is 0. The molecule has 0 nitrogen and oxygen atoms in total. The third kappa shape index (κ3) is 2.63. The SMILES string of the molecule is C.C.CCc1cccc2c1CC=CC=C2C. The van der Waals surface area contributed by atoms with E-state index >= 15 is 0 Å². The van der Waals surface area contributed by atoms with Crippen molar-refractivity contribution in [3.05, 3.63) is 53.1 Å². The Morgan fingerprint density at radius 1 is 1.19 bits per heavy atom. The molecule has 0 heterocycles. The van der Waals surface area contributed by atoms with Crippen molar-refractivity contribution in [1.82, 2.24) is 0 Å². The lowest BCUT2D eigenvalue weighted by atomic mass is 9.94. The summed E-state index contributed by atoms with van der Waals surface area (Å²) >= 11 is 0. The Labute approximate surface area is 101 Å². The van der Waals surface area contributed by atoms with E-state index in [0.29, 0.717) is 0 Å². The van der Waals surface area contributed by atoms with E-state index in [9.17, 15) is 0 Å². The highest BCUT2D eigenvalue weighted by Gasteiger charge is 2.08. The molecule has 1 aliphatic rings. The van der Waals surface area contributed by atoms with Crippen LogP contribution in [0.4, 0.5) is 0 Å². The highest BCUT2D eigenvalue weighted by molar-refractivity contribution is 5.70. The summed E-state index contributed by atoms with van der Waals surface area (Å²) < 4.78 is 0. The molecule has 0 bridgehead atoms. The summed E-state index contributed by atoms with van der Waals surface area (Å²) in [5.74, 6) is 0. The van der Waals surface area contributed by atoms with Gasteiger partial charge in [-0.2, -0.15) is 0 Å². The number of hydrogen-bond acceptors (Lipinski definition) is 0. The maximum atomic E-state index is 2.24. The summed E-state index contributed by atoms with van der Waals surface area (Å²) in [6.45, 7) is 4.41. The minimum absolute atomic E-state index is 0. The van der Waals surface area contributed by atoms with E-state index in [-0.39, 0.29) is 14.9 Å². The molecule has 1 aromatic rings. The van der Waals surface area contributed by atoms with Crippen LogP contribution in [0.3, 0.4) is 0 Å². The van der Waals surface area contributed by atoms with Crippen LogP contribution in [0.1, 0.15) is 45.4 Å². The molecular formula is C16H24. The molecule has 16 heavy (non-hydrogen) atoms. The fraction of sp³-hybridized carbons (Fsp3) is 0.375. The molecular weight excluding hydrogens is 192 g/mol. The average molecular weight is 216 g/mol. The van der Waals surface area contributed by atoms with E-state index in [0.717, 1.165) is 12.8 Å². The van der Waals surface area contributed by atoms with E-state index in [1.165, 1.54) is 22.3 Å². The van der Waals surface area contributed by atoms with Crippen molar-refractivity contribution in [2.75, 3.05) is 0 Å². The summed E-state index contributed by atoms with van der Waals surface area (Å²) in [6, 6.07) is 6.64. The molecule has 1 aliphatic carbocycles. The molecule has 0 fully saturated rings. The zero-order valence-electron chi connectivity index (χ0n) is 8.88. The van der Waals surface area contributed by atoms with Gasteiger partial charge in [0, 0.05) is 0 Å². The van der Waals surface area contributed by atoms with Crippen molar-refractivity contribution >= 4 is 5.57 Å². The average Bonchev–Trinajstić information content (AvgIpc) is 2.41. The Bertz CT molecular complexity index is 394. The van der Waals surface area contributed by atoms with Gasteiger partial charge in [-0.3, -0.25) is 0 Å². The standard InChI is InChI=1S/C14H16.2CH4/c1-3-12-8-6-10-13-11(2)7-4-5-9-14(12)13;;/h4-8,10H,3,9H2,1-2H3;2*1H4. The van der Waals surface area contributed by atoms with Gasteiger partial charge in [-0.05, 0) is 42.0 Å². The maximum Gasteiger partial charge on any atom is -0.00856 e. The van der Waals surface area contributed by atoms with E-state index in [4.69, 9.17) is 0 Å². The number of rotatable bonds is 1. The predicted molar refractivity (Wildman–Crippen MR) is 75.8 cm³/mol. The normalized spacial score (nSPS) is 12.8. The zero-order chi connectivity index (χ0) is 9.97. The number of hydrogen-bond donors (Lipinski definition) is 0. The highest BCUT2D eigenvalue weighted by Crippen LogP contribution is 2.25. The summed E-state index contributed by atoms with van der Waals surface area (Å²) in [5.41, 5.74) is 5.80. The molecule has 0 unspecified atom stereocenters. The third-order valence-corrected chi connectivity index (χ3v) is 2.88. The van der Waals surface area contributed by atoms with Gasteiger partial charge in [0.1, 0.15) is 0 Å². The lowest BCUT2D eigenvalue weighted by Gasteiger charge is -2.11. The smallest absolute Gasteiger partial charge is 0.00856 e. The molecule has 0 saturated heterocycles. The van der Waals surface area contributed by atoms with Gasteiger partial charge in [0.05, 0.1) is 0 Å². The first-order valence-corrected chi connectivity index (χ1v) is 5.27. The number of benzene rings is 1. The lowest BCUT2D eigenvalue weighted by molar-refractivity contribution is 1.07. The van der Waals surface area contributed by atoms with Crippen LogP contribution in [0.15, 0.2) is 36.4 Å². The zero-order valence-corrected chi connectivity index (χ0v) is 8.88. The fourth-order valence-electron chi connectivity index (χ4n) is 2.06. The van der Waals surface area contributed by atoms with Crippen molar-refractivity contribution < 1.29 is 0 Å². The van der Waals surface area contributed by atoms with Crippen LogP contribution < -0.4 is 0 Å². The van der Waals surface area contributed by atoms with Crippen molar-refractivity contribution in [1.29, 1.82) is 0 Å². The molecule has 1 aromatic carbocycles. The second-order valence-electron chi connectivity index (χ2n) is 3.78. The Kier molecular flexibility index (Phi) is 5.81. The molecule has 0 saturated carbocycles. The number of aryl methyl sites for hydroxylation is 1. The molecule has 0 spiro atoms. The van der Waals surface area contributed by atoms with Gasteiger partial charge >= 0.3 is 0 Å². The van der Waals surface area contributed by atoms with Crippen LogP contribution in [0.2, 0.25) is 0 Å². The van der Waals surface area contributed by atoms with E-state index in [1.807, 2.05) is 0 Å². The Morgan fingerprint density at radius 3 is 2.62 bits per heavy atom. The topological polar surface area (TPSA) is 0 Å². The fourth-order valence-corrected chi connectivity index (χ4v) is 2.06. The van der Waals surface area contributed by atoms with Gasteiger partial charge in [0.25, 0.3) is 0 Å². The molecule has 0 heteroatoms. The largest absolute Gasteiger partial charge is 0.0801 e. The van der Waals surface area contributed by atoms with Crippen LogP contribution in [-0.2, 0) is 12.8 Å². The molecule has 0 atom stereocenters. The summed E-state index contributed by atoms with van der Waals surface area (Å²) in [7, 11) is 0. The van der Waals surface area contributed by atoms with Crippen LogP contribution in [-0.4, -0.2) is 0 Å². The molecule has 0 radical (unpaired) electrons. The van der Waals surface area contributed by atoms with Gasteiger partial charge in [-0.1, -0.05) is 58.2 Å². The van der Waals surface area contributed by atoms with E-state index in [2.05, 4.69) is 50.3 Å². The second-order valence-corrected chi connectivity index (χ2v) is 3.78. The van der Waals surface area contributed by atoms with Gasteiger partial charge in [-0.15, -0.1) is 0 Å². The summed E-state index contributed by atoms with van der Waals surface area (Å²) in [5, 5.41) is 0. The van der Waals surface area contributed by atoms with Crippen LogP contribution in [0, 0.1) is 0 Å². The first-order valence-electron chi connectivity index (χ1n) is 5.27. The first kappa shape index (κ1) is 14.7. The first-order chi connectivity index (χ1) is 6.83. The summed E-state index contributed by atoms with van der Waals surface area (Å²) in [6.07, 6.45) is 8.81. The van der Waals surface area contributed by atoms with Gasteiger partial charge in [0.2, 0.25) is 0 Å². The predicted octanol–water partition coefficient (Wildman–Crippen LogP) is 5.04. The van der Waals surface area contributed by atoms with Gasteiger partial charge in [-0.25, -0.2) is 0 Å². The molecule has 0 amide bonds. The minimum atomic E-state index is 0. The van der Waals surface area contributed by atoms with E-state index < -0.39 is 0 Å². The molecule has 88 valence electrons. The lowest BCUT2D eigenvalue weighted by Crippen LogP contribution is -1.95. The van der Waals surface area contributed by atoms with Crippen molar-refractivity contribution in [2.24, 2.45) is 0 Å².